The number of carboxylic acids is 1. The summed E-state index contributed by atoms with van der Waals surface area (Å²) in [7, 11) is 0. The average molecular weight is 274 g/mol. The Labute approximate surface area is 108 Å². The van der Waals surface area contributed by atoms with Gasteiger partial charge in [-0.1, -0.05) is 11.6 Å². The van der Waals surface area contributed by atoms with Crippen LogP contribution in [0.2, 0.25) is 5.02 Å². The van der Waals surface area contributed by atoms with Crippen LogP contribution >= 0.6 is 11.6 Å². The molecule has 1 aromatic carbocycles. The van der Waals surface area contributed by atoms with Gasteiger partial charge < -0.3 is 15.6 Å². The number of halogens is 2. The zero-order chi connectivity index (χ0) is 13.3. The van der Waals surface area contributed by atoms with E-state index in [1.54, 1.807) is 0 Å². The van der Waals surface area contributed by atoms with Gasteiger partial charge in [0.25, 0.3) is 0 Å². The average Bonchev–Trinajstić information content (AvgIpc) is 3.07. The summed E-state index contributed by atoms with van der Waals surface area (Å²) in [5.74, 6) is -2.51. The molecule has 3 N–H and O–H groups in total. The zero-order valence-electron chi connectivity index (χ0n) is 9.53. The van der Waals surface area contributed by atoms with Crippen LogP contribution in [0, 0.1) is 5.82 Å². The summed E-state index contributed by atoms with van der Waals surface area (Å²) in [5.41, 5.74) is 5.62. The summed E-state index contributed by atoms with van der Waals surface area (Å²) in [6.45, 7) is -0.143. The Bertz CT molecular complexity index is 477. The van der Waals surface area contributed by atoms with Gasteiger partial charge in [0.2, 0.25) is 0 Å². The predicted molar refractivity (Wildman–Crippen MR) is 64.5 cm³/mol. The molecule has 0 heterocycles. The standard InChI is InChI=1S/C12H13ClFNO3/c13-10-4-6(14)3-8(9(5-15)12(16)17)11(10)18-7-1-2-7/h3-4,7,9H,1-2,5,15H2,(H,16,17). The van der Waals surface area contributed by atoms with Crippen LogP contribution in [0.4, 0.5) is 4.39 Å². The molecule has 6 heteroatoms. The number of ether oxygens (including phenoxy) is 1. The van der Waals surface area contributed by atoms with Crippen molar-refractivity contribution in [2.24, 2.45) is 5.73 Å². The smallest absolute Gasteiger partial charge is 0.312 e. The second kappa shape index (κ2) is 5.12. The molecular formula is C12H13ClFNO3. The van der Waals surface area contributed by atoms with E-state index in [1.165, 1.54) is 0 Å². The van der Waals surface area contributed by atoms with Gasteiger partial charge in [-0.2, -0.15) is 0 Å². The Balaban J connectivity index is 2.44. The maximum absolute atomic E-state index is 13.3. The van der Waals surface area contributed by atoms with Crippen LogP contribution in [0.3, 0.4) is 0 Å². The first-order valence-electron chi connectivity index (χ1n) is 5.61. The van der Waals surface area contributed by atoms with E-state index in [4.69, 9.17) is 27.2 Å². The van der Waals surface area contributed by atoms with Gasteiger partial charge in [0, 0.05) is 12.1 Å². The number of benzene rings is 1. The van der Waals surface area contributed by atoms with Crippen molar-refractivity contribution in [2.45, 2.75) is 24.9 Å². The Kier molecular flexibility index (Phi) is 3.73. The lowest BCUT2D eigenvalue weighted by Gasteiger charge is -2.17. The summed E-state index contributed by atoms with van der Waals surface area (Å²) >= 11 is 5.91. The van der Waals surface area contributed by atoms with E-state index in [0.29, 0.717) is 0 Å². The Morgan fingerprint density at radius 2 is 2.28 bits per heavy atom. The highest BCUT2D eigenvalue weighted by atomic mass is 35.5. The number of nitrogens with two attached hydrogens (primary N) is 1. The lowest BCUT2D eigenvalue weighted by molar-refractivity contribution is -0.138. The minimum atomic E-state index is -1.13. The molecule has 0 saturated heterocycles. The topological polar surface area (TPSA) is 72.6 Å². The Hall–Kier alpha value is -1.33. The molecule has 2 rings (SSSR count). The van der Waals surface area contributed by atoms with E-state index in [2.05, 4.69) is 0 Å². The molecule has 4 nitrogen and oxygen atoms in total. The van der Waals surface area contributed by atoms with E-state index < -0.39 is 17.7 Å². The molecule has 1 atom stereocenters. The van der Waals surface area contributed by atoms with Gasteiger partial charge in [-0.3, -0.25) is 4.79 Å². The van der Waals surface area contributed by atoms with Crippen molar-refractivity contribution >= 4 is 17.6 Å². The van der Waals surface area contributed by atoms with Gasteiger partial charge in [0.05, 0.1) is 17.0 Å². The molecule has 0 spiro atoms. The van der Waals surface area contributed by atoms with Gasteiger partial charge in [0.1, 0.15) is 11.6 Å². The Morgan fingerprint density at radius 1 is 1.61 bits per heavy atom. The SMILES string of the molecule is NCC(C(=O)O)c1cc(F)cc(Cl)c1OC1CC1. The first-order valence-corrected chi connectivity index (χ1v) is 5.99. The first-order chi connectivity index (χ1) is 8.52. The quantitative estimate of drug-likeness (QED) is 0.862. The van der Waals surface area contributed by atoms with Crippen molar-refractivity contribution < 1.29 is 19.0 Å². The van der Waals surface area contributed by atoms with E-state index in [0.717, 1.165) is 25.0 Å². The lowest BCUT2D eigenvalue weighted by atomic mass is 9.98. The summed E-state index contributed by atoms with van der Waals surface area (Å²) in [6.07, 6.45) is 1.83. The fourth-order valence-corrected chi connectivity index (χ4v) is 1.93. The fourth-order valence-electron chi connectivity index (χ4n) is 1.68. The molecule has 0 aliphatic heterocycles. The maximum Gasteiger partial charge on any atom is 0.312 e. The highest BCUT2D eigenvalue weighted by Gasteiger charge is 2.30. The number of hydrogen-bond donors (Lipinski definition) is 2. The number of rotatable bonds is 5. The van der Waals surface area contributed by atoms with Crippen molar-refractivity contribution in [2.75, 3.05) is 6.54 Å². The van der Waals surface area contributed by atoms with E-state index in [9.17, 15) is 9.18 Å². The molecule has 1 fully saturated rings. The molecule has 1 saturated carbocycles. The van der Waals surface area contributed by atoms with Gasteiger partial charge in [-0.25, -0.2) is 4.39 Å². The van der Waals surface area contributed by atoms with Crippen LogP contribution in [0.25, 0.3) is 0 Å². The van der Waals surface area contributed by atoms with E-state index in [1.807, 2.05) is 0 Å². The highest BCUT2D eigenvalue weighted by molar-refractivity contribution is 6.32. The molecule has 1 aliphatic carbocycles. The number of carbonyl (C=O) groups is 1. The third kappa shape index (κ3) is 2.73. The normalized spacial score (nSPS) is 16.4. The monoisotopic (exact) mass is 273 g/mol. The molecular weight excluding hydrogens is 261 g/mol. The largest absolute Gasteiger partial charge is 0.489 e. The molecule has 0 aromatic heterocycles. The fraction of sp³-hybridized carbons (Fsp3) is 0.417. The number of aliphatic carboxylic acids is 1. The van der Waals surface area contributed by atoms with Gasteiger partial charge >= 0.3 is 5.97 Å². The predicted octanol–water partition coefficient (Wildman–Crippen LogP) is 2.15. The summed E-state index contributed by atoms with van der Waals surface area (Å²) < 4.78 is 18.9. The maximum atomic E-state index is 13.3. The zero-order valence-corrected chi connectivity index (χ0v) is 10.3. The third-order valence-corrected chi connectivity index (χ3v) is 3.04. The molecule has 1 aromatic rings. The van der Waals surface area contributed by atoms with E-state index in [-0.39, 0.29) is 29.0 Å². The molecule has 1 aliphatic rings. The lowest BCUT2D eigenvalue weighted by Crippen LogP contribution is -2.22. The second-order valence-electron chi connectivity index (χ2n) is 4.25. The van der Waals surface area contributed by atoms with Crippen LogP contribution in [-0.2, 0) is 4.79 Å². The van der Waals surface area contributed by atoms with E-state index >= 15 is 0 Å². The van der Waals surface area contributed by atoms with Crippen LogP contribution in [0.5, 0.6) is 5.75 Å². The number of carboxylic acid groups (broad SMARTS) is 1. The minimum Gasteiger partial charge on any atom is -0.489 e. The third-order valence-electron chi connectivity index (χ3n) is 2.76. The molecule has 1 unspecified atom stereocenters. The molecule has 0 radical (unpaired) electrons. The molecule has 98 valence electrons. The summed E-state index contributed by atoms with van der Waals surface area (Å²) in [6, 6.07) is 2.23. The highest BCUT2D eigenvalue weighted by Crippen LogP contribution is 2.38. The van der Waals surface area contributed by atoms with Crippen LogP contribution in [0.1, 0.15) is 24.3 Å². The second-order valence-corrected chi connectivity index (χ2v) is 4.66. The summed E-state index contributed by atoms with van der Waals surface area (Å²) in [4.78, 5) is 11.1. The van der Waals surface area contributed by atoms with Gasteiger partial charge in [0.15, 0.2) is 0 Å². The first kappa shape index (κ1) is 13.1. The minimum absolute atomic E-state index is 0.0407. The van der Waals surface area contributed by atoms with Crippen LogP contribution in [0.15, 0.2) is 12.1 Å². The Morgan fingerprint density at radius 3 is 2.78 bits per heavy atom. The summed E-state index contributed by atoms with van der Waals surface area (Å²) in [5, 5.41) is 9.16. The molecule has 0 bridgehead atoms. The van der Waals surface area contributed by atoms with Gasteiger partial charge in [-0.05, 0) is 25.0 Å². The molecule has 0 amide bonds. The van der Waals surface area contributed by atoms with Crippen LogP contribution in [-0.4, -0.2) is 23.7 Å². The van der Waals surface area contributed by atoms with Crippen molar-refractivity contribution in [3.8, 4) is 5.75 Å². The number of hydrogen-bond acceptors (Lipinski definition) is 3. The van der Waals surface area contributed by atoms with Crippen molar-refractivity contribution in [1.82, 2.24) is 0 Å². The molecule has 18 heavy (non-hydrogen) atoms. The van der Waals surface area contributed by atoms with Gasteiger partial charge in [-0.15, -0.1) is 0 Å². The van der Waals surface area contributed by atoms with Crippen molar-refractivity contribution in [3.05, 3.63) is 28.5 Å². The van der Waals surface area contributed by atoms with Crippen LogP contribution < -0.4 is 10.5 Å². The van der Waals surface area contributed by atoms with Crippen molar-refractivity contribution in [3.63, 3.8) is 0 Å². The van der Waals surface area contributed by atoms with Crippen molar-refractivity contribution in [1.29, 1.82) is 0 Å².